The van der Waals surface area contributed by atoms with Crippen LogP contribution in [-0.2, 0) is 4.74 Å². The van der Waals surface area contributed by atoms with Crippen molar-refractivity contribution >= 4 is 23.1 Å². The summed E-state index contributed by atoms with van der Waals surface area (Å²) < 4.78 is 6.14. The van der Waals surface area contributed by atoms with Crippen molar-refractivity contribution in [1.29, 1.82) is 0 Å². The van der Waals surface area contributed by atoms with Gasteiger partial charge in [0.25, 0.3) is 0 Å². The molecule has 0 radical (unpaired) electrons. The maximum absolute atomic E-state index is 10.8. The summed E-state index contributed by atoms with van der Waals surface area (Å²) in [4.78, 5) is 2.57. The minimum atomic E-state index is -0.310. The predicted octanol–water partition coefficient (Wildman–Crippen LogP) is 4.09. The van der Waals surface area contributed by atoms with E-state index in [1.807, 2.05) is 11.8 Å². The Hall–Kier alpha value is -0.0300. The number of aliphatic hydroxyl groups excluding tert-OH is 1. The molecule has 2 saturated heterocycles. The first-order chi connectivity index (χ1) is 9.60. The van der Waals surface area contributed by atoms with E-state index in [9.17, 15) is 5.11 Å². The standard InChI is InChI=1S/C16H24O2S2/c1-11-9-14(12(2)20-11)15(17)13-3-6-18-16(10-13)4-7-19-8-5-16/h9,13,15,17H,3-8,10H2,1-2H3. The van der Waals surface area contributed by atoms with Crippen LogP contribution in [0.1, 0.15) is 47.1 Å². The molecular formula is C16H24O2S2. The van der Waals surface area contributed by atoms with Gasteiger partial charge in [-0.2, -0.15) is 11.8 Å². The van der Waals surface area contributed by atoms with Gasteiger partial charge >= 0.3 is 0 Å². The molecule has 0 bridgehead atoms. The van der Waals surface area contributed by atoms with Crippen LogP contribution in [0.3, 0.4) is 0 Å². The zero-order valence-corrected chi connectivity index (χ0v) is 14.0. The van der Waals surface area contributed by atoms with E-state index in [4.69, 9.17) is 4.74 Å². The number of rotatable bonds is 2. The molecule has 0 amide bonds. The van der Waals surface area contributed by atoms with Gasteiger partial charge in [0.15, 0.2) is 0 Å². The number of hydrogen-bond donors (Lipinski definition) is 1. The fourth-order valence-corrected chi connectivity index (χ4v) is 5.83. The predicted molar refractivity (Wildman–Crippen MR) is 86.7 cm³/mol. The van der Waals surface area contributed by atoms with Gasteiger partial charge in [0.1, 0.15) is 0 Å². The lowest BCUT2D eigenvalue weighted by Crippen LogP contribution is -2.44. The SMILES string of the molecule is Cc1cc(C(O)C2CCOC3(CCSCC3)C2)c(C)s1. The molecule has 0 saturated carbocycles. The molecule has 2 fully saturated rings. The van der Waals surface area contributed by atoms with Gasteiger partial charge in [-0.3, -0.25) is 0 Å². The summed E-state index contributed by atoms with van der Waals surface area (Å²) in [7, 11) is 0. The molecule has 2 nitrogen and oxygen atoms in total. The molecule has 2 aliphatic rings. The number of aryl methyl sites for hydroxylation is 2. The normalized spacial score (nSPS) is 27.6. The van der Waals surface area contributed by atoms with Crippen molar-refractivity contribution in [2.45, 2.75) is 51.2 Å². The fourth-order valence-electron chi connectivity index (χ4n) is 3.63. The van der Waals surface area contributed by atoms with Crippen molar-refractivity contribution in [2.24, 2.45) is 5.92 Å². The maximum Gasteiger partial charge on any atom is 0.0830 e. The van der Waals surface area contributed by atoms with Gasteiger partial charge in [0, 0.05) is 16.4 Å². The molecule has 20 heavy (non-hydrogen) atoms. The number of thioether (sulfide) groups is 1. The van der Waals surface area contributed by atoms with Crippen LogP contribution in [0.15, 0.2) is 6.07 Å². The molecule has 1 N–H and O–H groups in total. The summed E-state index contributed by atoms with van der Waals surface area (Å²) in [6, 6.07) is 2.17. The number of hydrogen-bond acceptors (Lipinski definition) is 4. The summed E-state index contributed by atoms with van der Waals surface area (Å²) in [6.07, 6.45) is 4.02. The Kier molecular flexibility index (Phi) is 4.46. The van der Waals surface area contributed by atoms with Gasteiger partial charge in [-0.05, 0) is 68.6 Å². The molecule has 0 aromatic carbocycles. The highest BCUT2D eigenvalue weighted by molar-refractivity contribution is 7.99. The third-order valence-corrected chi connectivity index (χ3v) is 6.75. The Morgan fingerprint density at radius 2 is 2.10 bits per heavy atom. The van der Waals surface area contributed by atoms with Crippen molar-refractivity contribution in [2.75, 3.05) is 18.1 Å². The van der Waals surface area contributed by atoms with E-state index < -0.39 is 0 Å². The highest BCUT2D eigenvalue weighted by atomic mass is 32.2. The Morgan fingerprint density at radius 1 is 1.35 bits per heavy atom. The molecule has 1 aromatic heterocycles. The second-order valence-corrected chi connectivity index (χ2v) is 8.90. The molecule has 2 aliphatic heterocycles. The van der Waals surface area contributed by atoms with E-state index in [0.29, 0.717) is 5.92 Å². The molecule has 0 aliphatic carbocycles. The van der Waals surface area contributed by atoms with Crippen LogP contribution in [0.2, 0.25) is 0 Å². The van der Waals surface area contributed by atoms with Gasteiger partial charge in [0.2, 0.25) is 0 Å². The Morgan fingerprint density at radius 3 is 2.75 bits per heavy atom. The van der Waals surface area contributed by atoms with E-state index in [2.05, 4.69) is 19.9 Å². The minimum absolute atomic E-state index is 0.0636. The quantitative estimate of drug-likeness (QED) is 0.892. The van der Waals surface area contributed by atoms with Crippen molar-refractivity contribution < 1.29 is 9.84 Å². The second kappa shape index (κ2) is 5.99. The van der Waals surface area contributed by atoms with Gasteiger partial charge in [-0.25, -0.2) is 0 Å². The van der Waals surface area contributed by atoms with Crippen LogP contribution < -0.4 is 0 Å². The van der Waals surface area contributed by atoms with Crippen LogP contribution >= 0.6 is 23.1 Å². The average molecular weight is 312 g/mol. The molecule has 3 rings (SSSR count). The van der Waals surface area contributed by atoms with Crippen LogP contribution in [-0.4, -0.2) is 28.8 Å². The Bertz CT molecular complexity index is 458. The zero-order valence-electron chi connectivity index (χ0n) is 12.4. The number of thiophene rings is 1. The highest BCUT2D eigenvalue weighted by Crippen LogP contribution is 2.44. The summed E-state index contributed by atoms with van der Waals surface area (Å²) >= 11 is 3.83. The first-order valence-corrected chi connectivity index (χ1v) is 9.53. The third-order valence-electron chi connectivity index (χ3n) is 4.78. The lowest BCUT2D eigenvalue weighted by molar-refractivity contribution is -0.121. The summed E-state index contributed by atoms with van der Waals surface area (Å²) in [6.45, 7) is 5.06. The molecule has 112 valence electrons. The van der Waals surface area contributed by atoms with Gasteiger partial charge in [0.05, 0.1) is 11.7 Å². The molecule has 4 heteroatoms. The van der Waals surface area contributed by atoms with Gasteiger partial charge < -0.3 is 9.84 Å². The number of ether oxygens (including phenoxy) is 1. The lowest BCUT2D eigenvalue weighted by atomic mass is 9.78. The summed E-state index contributed by atoms with van der Waals surface area (Å²) in [5.74, 6) is 2.78. The summed E-state index contributed by atoms with van der Waals surface area (Å²) in [5.41, 5.74) is 1.22. The Labute approximate surface area is 129 Å². The fraction of sp³-hybridized carbons (Fsp3) is 0.750. The third kappa shape index (κ3) is 2.94. The first-order valence-electron chi connectivity index (χ1n) is 7.56. The maximum atomic E-state index is 10.8. The summed E-state index contributed by atoms with van der Waals surface area (Å²) in [5, 5.41) is 10.8. The van der Waals surface area contributed by atoms with E-state index in [0.717, 1.165) is 37.9 Å². The molecule has 2 unspecified atom stereocenters. The minimum Gasteiger partial charge on any atom is -0.388 e. The number of aliphatic hydroxyl groups is 1. The van der Waals surface area contributed by atoms with Crippen molar-refractivity contribution in [3.8, 4) is 0 Å². The van der Waals surface area contributed by atoms with E-state index >= 15 is 0 Å². The van der Waals surface area contributed by atoms with Crippen molar-refractivity contribution in [3.63, 3.8) is 0 Å². The topological polar surface area (TPSA) is 29.5 Å². The smallest absolute Gasteiger partial charge is 0.0830 e. The highest BCUT2D eigenvalue weighted by Gasteiger charge is 2.41. The average Bonchev–Trinajstić information content (AvgIpc) is 2.78. The van der Waals surface area contributed by atoms with Crippen LogP contribution in [0, 0.1) is 19.8 Å². The van der Waals surface area contributed by atoms with Crippen molar-refractivity contribution in [3.05, 3.63) is 21.4 Å². The van der Waals surface area contributed by atoms with Crippen LogP contribution in [0.5, 0.6) is 0 Å². The van der Waals surface area contributed by atoms with E-state index in [1.54, 1.807) is 11.3 Å². The van der Waals surface area contributed by atoms with E-state index in [1.165, 1.54) is 21.3 Å². The lowest BCUT2D eigenvalue weighted by Gasteiger charge is -2.44. The molecule has 1 aromatic rings. The molecule has 3 heterocycles. The zero-order chi connectivity index (χ0) is 14.2. The van der Waals surface area contributed by atoms with Gasteiger partial charge in [-0.15, -0.1) is 11.3 Å². The second-order valence-electron chi connectivity index (χ2n) is 6.21. The monoisotopic (exact) mass is 312 g/mol. The first kappa shape index (κ1) is 14.9. The molecule has 1 spiro atoms. The Balaban J connectivity index is 1.74. The van der Waals surface area contributed by atoms with Crippen LogP contribution in [0.25, 0.3) is 0 Å². The van der Waals surface area contributed by atoms with Crippen LogP contribution in [0.4, 0.5) is 0 Å². The van der Waals surface area contributed by atoms with Crippen molar-refractivity contribution in [1.82, 2.24) is 0 Å². The molecule has 2 atom stereocenters. The largest absolute Gasteiger partial charge is 0.388 e. The molecular weight excluding hydrogens is 288 g/mol. The van der Waals surface area contributed by atoms with E-state index in [-0.39, 0.29) is 11.7 Å². The van der Waals surface area contributed by atoms with Gasteiger partial charge in [-0.1, -0.05) is 0 Å².